The second-order valence-corrected chi connectivity index (χ2v) is 7.93. The second kappa shape index (κ2) is 10.8. The summed E-state index contributed by atoms with van der Waals surface area (Å²) >= 11 is 1.86. The molecule has 2 N–H and O–H groups in total. The number of ether oxygens (including phenoxy) is 2. The average molecular weight is 390 g/mol. The predicted molar refractivity (Wildman–Crippen MR) is 115 cm³/mol. The normalized spacial score (nSPS) is 12.6. The number of hydrogen-bond donors (Lipinski definition) is 2. The van der Waals surface area contributed by atoms with E-state index in [1.54, 1.807) is 14.2 Å². The first-order valence-electron chi connectivity index (χ1n) is 9.29. The predicted octanol–water partition coefficient (Wildman–Crippen LogP) is 3.80. The molecule has 1 unspecified atom stereocenters. The van der Waals surface area contributed by atoms with Gasteiger partial charge in [-0.1, -0.05) is 6.07 Å². The zero-order valence-electron chi connectivity index (χ0n) is 17.0. The molecule has 1 aromatic carbocycles. The molecule has 6 heteroatoms. The monoisotopic (exact) mass is 389 g/mol. The van der Waals surface area contributed by atoms with Gasteiger partial charge in [-0.2, -0.15) is 0 Å². The number of benzene rings is 1. The summed E-state index contributed by atoms with van der Waals surface area (Å²) in [5.41, 5.74) is 1.24. The van der Waals surface area contributed by atoms with Gasteiger partial charge in [0, 0.05) is 35.8 Å². The molecule has 0 amide bonds. The van der Waals surface area contributed by atoms with Crippen LogP contribution in [0, 0.1) is 6.92 Å². The van der Waals surface area contributed by atoms with Gasteiger partial charge >= 0.3 is 0 Å². The Bertz CT molecular complexity index is 743. The molecule has 2 rings (SSSR count). The maximum atomic E-state index is 5.36. The number of nitrogens with one attached hydrogen (secondary N) is 2. The van der Waals surface area contributed by atoms with E-state index >= 15 is 0 Å². The largest absolute Gasteiger partial charge is 0.493 e. The van der Waals surface area contributed by atoms with Crippen molar-refractivity contribution in [1.29, 1.82) is 0 Å². The molecule has 1 aromatic heterocycles. The molecule has 1 heterocycles. The molecule has 0 fully saturated rings. The van der Waals surface area contributed by atoms with Crippen LogP contribution in [0.2, 0.25) is 0 Å². The van der Waals surface area contributed by atoms with Crippen molar-refractivity contribution in [3.05, 3.63) is 45.6 Å². The van der Waals surface area contributed by atoms with Crippen LogP contribution in [0.1, 0.15) is 28.7 Å². The van der Waals surface area contributed by atoms with Crippen LogP contribution in [0.5, 0.6) is 11.5 Å². The van der Waals surface area contributed by atoms with E-state index < -0.39 is 0 Å². The highest BCUT2D eigenvalue weighted by Crippen LogP contribution is 2.27. The molecule has 0 spiro atoms. The molecule has 0 aliphatic heterocycles. The molecule has 148 valence electrons. The van der Waals surface area contributed by atoms with Crippen LogP contribution in [0.25, 0.3) is 0 Å². The quantitative estimate of drug-likeness (QED) is 0.389. The van der Waals surface area contributed by atoms with Gasteiger partial charge in [0.1, 0.15) is 0 Å². The van der Waals surface area contributed by atoms with Gasteiger partial charge in [-0.3, -0.25) is 4.99 Å². The van der Waals surface area contributed by atoms with E-state index in [1.807, 2.05) is 30.5 Å². The summed E-state index contributed by atoms with van der Waals surface area (Å²) in [7, 11) is 5.13. The highest BCUT2D eigenvalue weighted by molar-refractivity contribution is 7.11. The molecule has 5 nitrogen and oxygen atoms in total. The van der Waals surface area contributed by atoms with Gasteiger partial charge in [0.15, 0.2) is 17.5 Å². The van der Waals surface area contributed by atoms with Crippen molar-refractivity contribution < 1.29 is 9.47 Å². The van der Waals surface area contributed by atoms with Gasteiger partial charge in [0.2, 0.25) is 0 Å². The molecule has 0 aliphatic carbocycles. The minimum Gasteiger partial charge on any atom is -0.493 e. The highest BCUT2D eigenvalue weighted by Gasteiger charge is 2.08. The zero-order chi connectivity index (χ0) is 19.6. The number of hydrogen-bond acceptors (Lipinski definition) is 4. The Morgan fingerprint density at radius 1 is 1.15 bits per heavy atom. The van der Waals surface area contributed by atoms with E-state index in [0.29, 0.717) is 6.04 Å². The van der Waals surface area contributed by atoms with E-state index in [-0.39, 0.29) is 0 Å². The molecule has 0 radical (unpaired) electrons. The van der Waals surface area contributed by atoms with Crippen molar-refractivity contribution in [3.63, 3.8) is 0 Å². The van der Waals surface area contributed by atoms with E-state index in [2.05, 4.69) is 47.7 Å². The van der Waals surface area contributed by atoms with Gasteiger partial charge in [0.05, 0.1) is 14.2 Å². The fraction of sp³-hybridized carbons (Fsp3) is 0.476. The van der Waals surface area contributed by atoms with Crippen LogP contribution >= 0.6 is 11.3 Å². The molecule has 27 heavy (non-hydrogen) atoms. The van der Waals surface area contributed by atoms with Crippen LogP contribution in [-0.4, -0.2) is 39.8 Å². The summed E-state index contributed by atoms with van der Waals surface area (Å²) in [5.74, 6) is 2.39. The average Bonchev–Trinajstić information content (AvgIpc) is 3.08. The van der Waals surface area contributed by atoms with Crippen molar-refractivity contribution in [3.8, 4) is 11.5 Å². The summed E-state index contributed by atoms with van der Waals surface area (Å²) in [6, 6.07) is 10.8. The Kier molecular flexibility index (Phi) is 8.45. The lowest BCUT2D eigenvalue weighted by Crippen LogP contribution is -2.43. The summed E-state index contributed by atoms with van der Waals surface area (Å²) in [6.45, 7) is 5.19. The lowest BCUT2D eigenvalue weighted by molar-refractivity contribution is 0.354. The van der Waals surface area contributed by atoms with Crippen LogP contribution in [0.15, 0.2) is 35.3 Å². The van der Waals surface area contributed by atoms with Crippen LogP contribution < -0.4 is 20.1 Å². The molecule has 0 bridgehead atoms. The van der Waals surface area contributed by atoms with Gasteiger partial charge in [-0.05, 0) is 56.5 Å². The van der Waals surface area contributed by atoms with Crippen LogP contribution in [0.3, 0.4) is 0 Å². The molecule has 0 saturated heterocycles. The van der Waals surface area contributed by atoms with Crippen molar-refractivity contribution in [2.24, 2.45) is 4.99 Å². The Morgan fingerprint density at radius 3 is 2.56 bits per heavy atom. The summed E-state index contributed by atoms with van der Waals surface area (Å²) in [5, 5.41) is 6.86. The Hall–Kier alpha value is -2.21. The van der Waals surface area contributed by atoms with Crippen LogP contribution in [0.4, 0.5) is 0 Å². The Balaban J connectivity index is 1.74. The van der Waals surface area contributed by atoms with Gasteiger partial charge < -0.3 is 20.1 Å². The number of methoxy groups -OCH3 is 2. The van der Waals surface area contributed by atoms with E-state index in [0.717, 1.165) is 43.3 Å². The molecular formula is C21H31N3O2S. The standard InChI is InChI=1S/C21H31N3O2S/c1-15(13-18-10-8-16(2)27-18)24-21(22-3)23-12-6-7-17-9-11-19(25-4)20(14-17)26-5/h8-11,14-15H,6-7,12-13H2,1-5H3,(H2,22,23,24). The molecule has 0 saturated carbocycles. The summed E-state index contributed by atoms with van der Waals surface area (Å²) in [6.07, 6.45) is 2.98. The van der Waals surface area contributed by atoms with E-state index in [4.69, 9.17) is 9.47 Å². The molecule has 0 aliphatic rings. The first kappa shape index (κ1) is 21.1. The molecular weight excluding hydrogens is 358 g/mol. The maximum Gasteiger partial charge on any atom is 0.191 e. The number of rotatable bonds is 9. The van der Waals surface area contributed by atoms with Crippen molar-refractivity contribution in [2.45, 2.75) is 39.2 Å². The lowest BCUT2D eigenvalue weighted by Gasteiger charge is -2.17. The fourth-order valence-electron chi connectivity index (χ4n) is 2.91. The number of aryl methyl sites for hydroxylation is 2. The van der Waals surface area contributed by atoms with Gasteiger partial charge in [0.25, 0.3) is 0 Å². The molecule has 1 atom stereocenters. The smallest absolute Gasteiger partial charge is 0.191 e. The maximum absolute atomic E-state index is 5.36. The van der Waals surface area contributed by atoms with Crippen molar-refractivity contribution in [1.82, 2.24) is 10.6 Å². The van der Waals surface area contributed by atoms with Gasteiger partial charge in [-0.15, -0.1) is 11.3 Å². The number of thiophene rings is 1. The van der Waals surface area contributed by atoms with E-state index in [9.17, 15) is 0 Å². The van der Waals surface area contributed by atoms with E-state index in [1.165, 1.54) is 15.3 Å². The third-order valence-electron chi connectivity index (χ3n) is 4.29. The first-order valence-corrected chi connectivity index (χ1v) is 10.1. The van der Waals surface area contributed by atoms with Crippen molar-refractivity contribution in [2.75, 3.05) is 27.8 Å². The summed E-state index contributed by atoms with van der Waals surface area (Å²) in [4.78, 5) is 7.09. The fourth-order valence-corrected chi connectivity index (χ4v) is 3.93. The number of guanidine groups is 1. The Labute approximate surface area is 166 Å². The van der Waals surface area contributed by atoms with Gasteiger partial charge in [-0.25, -0.2) is 0 Å². The third kappa shape index (κ3) is 6.79. The SMILES string of the molecule is CN=C(NCCCc1ccc(OC)c(OC)c1)NC(C)Cc1ccc(C)s1. The van der Waals surface area contributed by atoms with Crippen molar-refractivity contribution >= 4 is 17.3 Å². The first-order chi connectivity index (χ1) is 13.0. The minimum absolute atomic E-state index is 0.333. The third-order valence-corrected chi connectivity index (χ3v) is 5.32. The zero-order valence-corrected chi connectivity index (χ0v) is 17.8. The lowest BCUT2D eigenvalue weighted by atomic mass is 10.1. The van der Waals surface area contributed by atoms with Crippen LogP contribution in [-0.2, 0) is 12.8 Å². The second-order valence-electron chi connectivity index (χ2n) is 6.55. The minimum atomic E-state index is 0.333. The highest BCUT2D eigenvalue weighted by atomic mass is 32.1. The summed E-state index contributed by atoms with van der Waals surface area (Å²) < 4.78 is 10.6. The topological polar surface area (TPSA) is 54.9 Å². The number of aliphatic imine (C=N–C) groups is 1. The Morgan fingerprint density at radius 2 is 1.93 bits per heavy atom. The number of nitrogens with zero attached hydrogens (tertiary/aromatic N) is 1. The molecule has 2 aromatic rings.